The van der Waals surface area contributed by atoms with E-state index >= 15 is 0 Å². The summed E-state index contributed by atoms with van der Waals surface area (Å²) < 4.78 is 1.00. The number of carbonyl (C=O) groups is 2. The molecule has 3 N–H and O–H groups in total. The van der Waals surface area contributed by atoms with E-state index in [2.05, 4.69) is 21.2 Å². The normalized spacial score (nSPS) is 10.8. The molecule has 0 aliphatic heterocycles. The summed E-state index contributed by atoms with van der Waals surface area (Å²) in [6.45, 7) is 0. The molecule has 0 aliphatic carbocycles. The minimum absolute atomic E-state index is 0.0253. The van der Waals surface area contributed by atoms with Crippen molar-refractivity contribution in [2.75, 3.05) is 5.32 Å². The van der Waals surface area contributed by atoms with Gasteiger partial charge in [-0.05, 0) is 80.5 Å². The van der Waals surface area contributed by atoms with Crippen molar-refractivity contribution >= 4 is 62.2 Å². The van der Waals surface area contributed by atoms with Gasteiger partial charge in [-0.15, -0.1) is 0 Å². The van der Waals surface area contributed by atoms with Crippen LogP contribution in [0, 0.1) is 14.9 Å². The van der Waals surface area contributed by atoms with Gasteiger partial charge in [0.25, 0.3) is 5.91 Å². The molecule has 25 heavy (non-hydrogen) atoms. The molecule has 0 saturated heterocycles. The number of aromatic carboxylic acids is 1. The number of carboxylic acids is 1. The maximum Gasteiger partial charge on any atom is 0.335 e. The van der Waals surface area contributed by atoms with E-state index in [4.69, 9.17) is 5.11 Å². The molecule has 0 heterocycles. The van der Waals surface area contributed by atoms with E-state index in [1.165, 1.54) is 30.3 Å². The molecule has 2 rings (SSSR count). The number of carbonyl (C=O) groups excluding carboxylic acids is 1. The standard InChI is InChI=1S/C17H10BrIN2O4/c18-13-5-9(6-14(19)15(13)22)4-11(8-20)16(23)21-12-3-1-2-10(7-12)17(24)25/h1-7,22H,(H,21,23)(H,24,25)/b11-4-. The summed E-state index contributed by atoms with van der Waals surface area (Å²) in [6, 6.07) is 10.7. The van der Waals surface area contributed by atoms with Gasteiger partial charge in [0.15, 0.2) is 0 Å². The van der Waals surface area contributed by atoms with Crippen molar-refractivity contribution < 1.29 is 19.8 Å². The first kappa shape index (κ1) is 19.0. The minimum Gasteiger partial charge on any atom is -0.506 e. The zero-order valence-corrected chi connectivity index (χ0v) is 16.2. The average molecular weight is 513 g/mol. The van der Waals surface area contributed by atoms with Crippen LogP contribution in [0.2, 0.25) is 0 Å². The Morgan fingerprint density at radius 3 is 2.60 bits per heavy atom. The minimum atomic E-state index is -1.12. The lowest BCUT2D eigenvalue weighted by atomic mass is 10.1. The van der Waals surface area contributed by atoms with E-state index in [0.29, 0.717) is 13.6 Å². The Kier molecular flexibility index (Phi) is 6.17. The zero-order valence-electron chi connectivity index (χ0n) is 12.5. The lowest BCUT2D eigenvalue weighted by Crippen LogP contribution is -2.14. The summed E-state index contributed by atoms with van der Waals surface area (Å²) >= 11 is 5.13. The van der Waals surface area contributed by atoms with Crippen LogP contribution < -0.4 is 5.32 Å². The van der Waals surface area contributed by atoms with Crippen LogP contribution in [0.5, 0.6) is 5.75 Å². The predicted molar refractivity (Wildman–Crippen MR) is 104 cm³/mol. The van der Waals surface area contributed by atoms with Crippen LogP contribution in [0.3, 0.4) is 0 Å². The monoisotopic (exact) mass is 512 g/mol. The molecule has 0 spiro atoms. The number of benzene rings is 2. The molecule has 2 aromatic rings. The fourth-order valence-corrected chi connectivity index (χ4v) is 3.41. The van der Waals surface area contributed by atoms with Crippen molar-refractivity contribution in [3.8, 4) is 11.8 Å². The van der Waals surface area contributed by atoms with Gasteiger partial charge < -0.3 is 15.5 Å². The third-order valence-corrected chi connectivity index (χ3v) is 4.51. The number of rotatable bonds is 4. The van der Waals surface area contributed by atoms with Gasteiger partial charge in [-0.1, -0.05) is 6.07 Å². The smallest absolute Gasteiger partial charge is 0.335 e. The Hall–Kier alpha value is -2.38. The van der Waals surface area contributed by atoms with Gasteiger partial charge in [0.1, 0.15) is 17.4 Å². The fourth-order valence-electron chi connectivity index (χ4n) is 1.91. The highest BCUT2D eigenvalue weighted by atomic mass is 127. The van der Waals surface area contributed by atoms with Crippen molar-refractivity contribution in [2.45, 2.75) is 0 Å². The second kappa shape index (κ2) is 8.13. The van der Waals surface area contributed by atoms with Gasteiger partial charge in [-0.25, -0.2) is 4.79 Å². The number of hydrogen-bond acceptors (Lipinski definition) is 4. The third-order valence-electron chi connectivity index (χ3n) is 3.08. The lowest BCUT2D eigenvalue weighted by Gasteiger charge is -2.06. The zero-order chi connectivity index (χ0) is 18.6. The highest BCUT2D eigenvalue weighted by Gasteiger charge is 2.12. The first-order valence-electron chi connectivity index (χ1n) is 6.76. The number of carboxylic acid groups (broad SMARTS) is 1. The van der Waals surface area contributed by atoms with Gasteiger partial charge in [-0.2, -0.15) is 5.26 Å². The molecule has 8 heteroatoms. The molecule has 0 unspecified atom stereocenters. The molecule has 2 aromatic carbocycles. The molecule has 126 valence electrons. The average Bonchev–Trinajstić information content (AvgIpc) is 2.57. The molecular formula is C17H10BrIN2O4. The number of hydrogen-bond donors (Lipinski definition) is 3. The van der Waals surface area contributed by atoms with Gasteiger partial charge in [0, 0.05) is 5.69 Å². The number of nitrogens with zero attached hydrogens (tertiary/aromatic N) is 1. The Morgan fingerprint density at radius 2 is 2.00 bits per heavy atom. The largest absolute Gasteiger partial charge is 0.506 e. The molecule has 0 bridgehead atoms. The highest BCUT2D eigenvalue weighted by molar-refractivity contribution is 14.1. The fraction of sp³-hybridized carbons (Fsp3) is 0. The van der Waals surface area contributed by atoms with Crippen LogP contribution in [0.1, 0.15) is 15.9 Å². The summed E-state index contributed by atoms with van der Waals surface area (Å²) in [5, 5.41) is 30.4. The SMILES string of the molecule is N#C/C(=C/c1cc(Br)c(O)c(I)c1)C(=O)Nc1cccc(C(=O)O)c1. The van der Waals surface area contributed by atoms with Crippen LogP contribution in [0.15, 0.2) is 46.4 Å². The molecule has 0 saturated carbocycles. The lowest BCUT2D eigenvalue weighted by molar-refractivity contribution is -0.112. The topological polar surface area (TPSA) is 110 Å². The number of amides is 1. The predicted octanol–water partition coefficient (Wildman–Crippen LogP) is 4.00. The van der Waals surface area contributed by atoms with Crippen molar-refractivity contribution in [1.29, 1.82) is 5.26 Å². The molecular weight excluding hydrogens is 503 g/mol. The van der Waals surface area contributed by atoms with Crippen LogP contribution in [0.4, 0.5) is 5.69 Å². The molecule has 6 nitrogen and oxygen atoms in total. The van der Waals surface area contributed by atoms with Crippen LogP contribution in [-0.4, -0.2) is 22.1 Å². The van der Waals surface area contributed by atoms with Gasteiger partial charge in [0.2, 0.25) is 0 Å². The second-order valence-electron chi connectivity index (χ2n) is 4.84. The van der Waals surface area contributed by atoms with Crippen molar-refractivity contribution in [2.24, 2.45) is 0 Å². The van der Waals surface area contributed by atoms with Crippen molar-refractivity contribution in [3.63, 3.8) is 0 Å². The number of nitriles is 1. The van der Waals surface area contributed by atoms with Crippen molar-refractivity contribution in [1.82, 2.24) is 0 Å². The maximum absolute atomic E-state index is 12.3. The Bertz CT molecular complexity index is 911. The van der Waals surface area contributed by atoms with Gasteiger partial charge in [-0.3, -0.25) is 4.79 Å². The Morgan fingerprint density at radius 1 is 1.28 bits per heavy atom. The maximum atomic E-state index is 12.3. The first-order chi connectivity index (χ1) is 11.8. The van der Waals surface area contributed by atoms with Gasteiger partial charge in [0.05, 0.1) is 13.6 Å². The summed E-state index contributed by atoms with van der Waals surface area (Å²) in [4.78, 5) is 23.2. The van der Waals surface area contributed by atoms with Crippen LogP contribution in [0.25, 0.3) is 6.08 Å². The van der Waals surface area contributed by atoms with E-state index in [9.17, 15) is 20.0 Å². The summed E-state index contributed by atoms with van der Waals surface area (Å²) in [5.74, 6) is -1.70. The first-order valence-corrected chi connectivity index (χ1v) is 8.63. The highest BCUT2D eigenvalue weighted by Crippen LogP contribution is 2.31. The third kappa shape index (κ3) is 4.80. The van der Waals surface area contributed by atoms with Gasteiger partial charge >= 0.3 is 5.97 Å². The van der Waals surface area contributed by atoms with E-state index in [0.717, 1.165) is 0 Å². The number of nitrogens with one attached hydrogen (secondary N) is 1. The number of anilines is 1. The number of phenols is 1. The number of halogens is 2. The van der Waals surface area contributed by atoms with Crippen LogP contribution >= 0.6 is 38.5 Å². The Labute approximate surface area is 165 Å². The molecule has 0 aliphatic rings. The molecule has 0 radical (unpaired) electrons. The molecule has 0 fully saturated rings. The molecule has 0 aromatic heterocycles. The van der Waals surface area contributed by atoms with E-state index in [1.54, 1.807) is 12.1 Å². The van der Waals surface area contributed by atoms with E-state index in [1.807, 2.05) is 28.7 Å². The summed E-state index contributed by atoms with van der Waals surface area (Å²) in [7, 11) is 0. The second-order valence-corrected chi connectivity index (χ2v) is 6.86. The van der Waals surface area contributed by atoms with E-state index in [-0.39, 0.29) is 22.6 Å². The quantitative estimate of drug-likeness (QED) is 0.326. The number of aromatic hydroxyl groups is 1. The molecule has 1 amide bonds. The summed E-state index contributed by atoms with van der Waals surface area (Å²) in [5.41, 5.74) is 0.694. The molecule has 0 atom stereocenters. The van der Waals surface area contributed by atoms with Crippen LogP contribution in [-0.2, 0) is 4.79 Å². The summed E-state index contributed by atoms with van der Waals surface area (Å²) in [6.07, 6.45) is 1.38. The van der Waals surface area contributed by atoms with E-state index < -0.39 is 11.9 Å². The Balaban J connectivity index is 2.29. The van der Waals surface area contributed by atoms with Crippen molar-refractivity contribution in [3.05, 3.63) is 61.1 Å². The number of phenolic OH excluding ortho intramolecular Hbond substituents is 1.